The molecule has 0 spiro atoms. The number of carbonyl (C=O) groups excluding carboxylic acids is 2. The van der Waals surface area contributed by atoms with Crippen molar-refractivity contribution in [3.8, 4) is 6.07 Å². The van der Waals surface area contributed by atoms with Crippen LogP contribution in [0.4, 0.5) is 11.4 Å². The highest BCUT2D eigenvalue weighted by Gasteiger charge is 2.24. The predicted molar refractivity (Wildman–Crippen MR) is 88.3 cm³/mol. The van der Waals surface area contributed by atoms with Crippen LogP contribution < -0.4 is 4.90 Å². The summed E-state index contributed by atoms with van der Waals surface area (Å²) in [7, 11) is 2.56. The average molecular weight is 339 g/mol. The molecule has 0 atom stereocenters. The minimum Gasteiger partial charge on any atom is -0.465 e. The first kappa shape index (κ1) is 17.6. The van der Waals surface area contributed by atoms with Gasteiger partial charge in [-0.3, -0.25) is 14.9 Å². The number of nitro benzene ring substituents is 1. The zero-order valence-corrected chi connectivity index (χ0v) is 13.4. The summed E-state index contributed by atoms with van der Waals surface area (Å²) in [5.74, 6) is -1.20. The van der Waals surface area contributed by atoms with E-state index in [4.69, 9.17) is 5.26 Å². The molecule has 0 fully saturated rings. The fourth-order valence-electron chi connectivity index (χ4n) is 2.19. The monoisotopic (exact) mass is 339 g/mol. The van der Waals surface area contributed by atoms with E-state index in [1.807, 2.05) is 6.07 Å². The zero-order valence-electron chi connectivity index (χ0n) is 13.4. The molecule has 0 saturated carbocycles. The van der Waals surface area contributed by atoms with Crippen molar-refractivity contribution in [3.05, 3.63) is 69.3 Å². The largest absolute Gasteiger partial charge is 0.465 e. The second kappa shape index (κ2) is 7.23. The molecule has 0 N–H and O–H groups in total. The number of hydrogen-bond donors (Lipinski definition) is 0. The summed E-state index contributed by atoms with van der Waals surface area (Å²) in [6.07, 6.45) is 0. The number of amides is 1. The van der Waals surface area contributed by atoms with Crippen LogP contribution in [-0.4, -0.2) is 31.0 Å². The number of nitriles is 1. The first-order valence-electron chi connectivity index (χ1n) is 7.04. The SMILES string of the molecule is COC(=O)c1ccc(N(C)C(=O)c2ccc(C#N)cc2)c([N+](=O)[O-])c1. The molecule has 0 aliphatic heterocycles. The van der Waals surface area contributed by atoms with E-state index in [1.165, 1.54) is 50.6 Å². The van der Waals surface area contributed by atoms with Crippen molar-refractivity contribution in [1.82, 2.24) is 0 Å². The summed E-state index contributed by atoms with van der Waals surface area (Å²) in [4.78, 5) is 35.8. The number of esters is 1. The highest BCUT2D eigenvalue weighted by atomic mass is 16.6. The predicted octanol–water partition coefficient (Wildman–Crippen LogP) is 2.53. The number of rotatable bonds is 4. The third-order valence-electron chi connectivity index (χ3n) is 3.52. The molecule has 0 heterocycles. The Morgan fingerprint density at radius 1 is 1.16 bits per heavy atom. The van der Waals surface area contributed by atoms with Crippen LogP contribution in [0.2, 0.25) is 0 Å². The van der Waals surface area contributed by atoms with Gasteiger partial charge >= 0.3 is 5.97 Å². The van der Waals surface area contributed by atoms with E-state index in [0.717, 1.165) is 11.0 Å². The molecule has 8 nitrogen and oxygen atoms in total. The van der Waals surface area contributed by atoms with E-state index in [9.17, 15) is 19.7 Å². The van der Waals surface area contributed by atoms with Crippen molar-refractivity contribution in [2.24, 2.45) is 0 Å². The van der Waals surface area contributed by atoms with Crippen molar-refractivity contribution in [1.29, 1.82) is 5.26 Å². The number of benzene rings is 2. The lowest BCUT2D eigenvalue weighted by Gasteiger charge is -2.17. The molecule has 8 heteroatoms. The van der Waals surface area contributed by atoms with Gasteiger partial charge in [0.15, 0.2) is 0 Å². The number of hydrogen-bond acceptors (Lipinski definition) is 6. The van der Waals surface area contributed by atoms with Crippen molar-refractivity contribution >= 4 is 23.3 Å². The molecule has 126 valence electrons. The molecular weight excluding hydrogens is 326 g/mol. The zero-order chi connectivity index (χ0) is 18.6. The van der Waals surface area contributed by atoms with Crippen molar-refractivity contribution < 1.29 is 19.2 Å². The van der Waals surface area contributed by atoms with Crippen LogP contribution in [0.5, 0.6) is 0 Å². The summed E-state index contributed by atoms with van der Waals surface area (Å²) in [5.41, 5.74) is 0.317. The molecule has 2 aromatic rings. The maximum atomic E-state index is 12.5. The molecule has 0 aliphatic rings. The molecule has 0 saturated heterocycles. The van der Waals surface area contributed by atoms with Gasteiger partial charge in [-0.2, -0.15) is 5.26 Å². The molecule has 1 amide bonds. The van der Waals surface area contributed by atoms with Gasteiger partial charge < -0.3 is 9.64 Å². The topological polar surface area (TPSA) is 114 Å². The Kier molecular flexibility index (Phi) is 5.09. The van der Waals surface area contributed by atoms with E-state index in [2.05, 4.69) is 4.74 Å². The summed E-state index contributed by atoms with van der Waals surface area (Å²) in [6.45, 7) is 0. The van der Waals surface area contributed by atoms with Gasteiger partial charge in [-0.1, -0.05) is 0 Å². The Hall–Kier alpha value is -3.73. The van der Waals surface area contributed by atoms with Crippen molar-refractivity contribution in [2.75, 3.05) is 19.1 Å². The van der Waals surface area contributed by atoms with Crippen LogP contribution in [0.15, 0.2) is 42.5 Å². The second-order valence-electron chi connectivity index (χ2n) is 5.01. The first-order valence-corrected chi connectivity index (χ1v) is 7.04. The molecule has 0 bridgehead atoms. The van der Waals surface area contributed by atoms with Crippen LogP contribution in [-0.2, 0) is 4.74 Å². The molecule has 0 aromatic heterocycles. The van der Waals surface area contributed by atoms with Crippen molar-refractivity contribution in [2.45, 2.75) is 0 Å². The lowest BCUT2D eigenvalue weighted by atomic mass is 10.1. The van der Waals surface area contributed by atoms with Gasteiger partial charge in [-0.15, -0.1) is 0 Å². The van der Waals surface area contributed by atoms with Gasteiger partial charge in [-0.05, 0) is 36.4 Å². The number of ether oxygens (including phenoxy) is 1. The van der Waals surface area contributed by atoms with E-state index in [1.54, 1.807) is 0 Å². The summed E-state index contributed by atoms with van der Waals surface area (Å²) >= 11 is 0. The third-order valence-corrected chi connectivity index (χ3v) is 3.52. The minimum absolute atomic E-state index is 0.0113. The fourth-order valence-corrected chi connectivity index (χ4v) is 2.19. The number of anilines is 1. The molecule has 0 unspecified atom stereocenters. The van der Waals surface area contributed by atoms with Gasteiger partial charge in [0, 0.05) is 18.7 Å². The average Bonchev–Trinajstić information content (AvgIpc) is 2.65. The highest BCUT2D eigenvalue weighted by Crippen LogP contribution is 2.29. The highest BCUT2D eigenvalue weighted by molar-refractivity contribution is 6.07. The van der Waals surface area contributed by atoms with Gasteiger partial charge in [0.2, 0.25) is 0 Å². The first-order chi connectivity index (χ1) is 11.9. The molecule has 25 heavy (non-hydrogen) atoms. The Labute approximate surface area is 143 Å². The van der Waals surface area contributed by atoms with Crippen LogP contribution in [0.3, 0.4) is 0 Å². The van der Waals surface area contributed by atoms with Crippen molar-refractivity contribution in [3.63, 3.8) is 0 Å². The number of nitro groups is 1. The maximum Gasteiger partial charge on any atom is 0.338 e. The Balaban J connectivity index is 2.41. The third kappa shape index (κ3) is 3.61. The van der Waals surface area contributed by atoms with Gasteiger partial charge in [0.25, 0.3) is 11.6 Å². The van der Waals surface area contributed by atoms with Crippen LogP contribution in [0.25, 0.3) is 0 Å². The summed E-state index contributed by atoms with van der Waals surface area (Å²) in [6, 6.07) is 11.5. The van der Waals surface area contributed by atoms with Crippen LogP contribution in [0, 0.1) is 21.4 Å². The quantitative estimate of drug-likeness (QED) is 0.480. The van der Waals surface area contributed by atoms with Gasteiger partial charge in [-0.25, -0.2) is 4.79 Å². The smallest absolute Gasteiger partial charge is 0.338 e. The standard InChI is InChI=1S/C17H13N3O5/c1-19(16(21)12-5-3-11(10-18)4-6-12)14-8-7-13(17(22)25-2)9-15(14)20(23)24/h3-9H,1-2H3. The maximum absolute atomic E-state index is 12.5. The van der Waals surface area contributed by atoms with Gasteiger partial charge in [0.1, 0.15) is 5.69 Å². The molecular formula is C17H13N3O5. The lowest BCUT2D eigenvalue weighted by Crippen LogP contribution is -2.27. The van der Waals surface area contributed by atoms with E-state index >= 15 is 0 Å². The van der Waals surface area contributed by atoms with E-state index < -0.39 is 22.5 Å². The molecule has 2 rings (SSSR count). The van der Waals surface area contributed by atoms with E-state index in [-0.39, 0.29) is 16.8 Å². The normalized spacial score (nSPS) is 9.80. The lowest BCUT2D eigenvalue weighted by molar-refractivity contribution is -0.384. The Bertz CT molecular complexity index is 884. The molecule has 0 radical (unpaired) electrons. The molecule has 0 aliphatic carbocycles. The molecule has 2 aromatic carbocycles. The Morgan fingerprint density at radius 2 is 1.76 bits per heavy atom. The summed E-state index contributed by atoms with van der Waals surface area (Å²) < 4.78 is 4.54. The number of carbonyl (C=O) groups is 2. The Morgan fingerprint density at radius 3 is 2.28 bits per heavy atom. The number of nitrogens with zero attached hydrogens (tertiary/aromatic N) is 3. The van der Waals surface area contributed by atoms with E-state index in [0.29, 0.717) is 5.56 Å². The van der Waals surface area contributed by atoms with Gasteiger partial charge in [0.05, 0.1) is 29.2 Å². The van der Waals surface area contributed by atoms with Crippen LogP contribution in [0.1, 0.15) is 26.3 Å². The summed E-state index contributed by atoms with van der Waals surface area (Å²) in [5, 5.41) is 20.1. The minimum atomic E-state index is -0.712. The number of methoxy groups -OCH3 is 1. The second-order valence-corrected chi connectivity index (χ2v) is 5.01. The fraction of sp³-hybridized carbons (Fsp3) is 0.118. The van der Waals surface area contributed by atoms with Crippen LogP contribution >= 0.6 is 0 Å².